The summed E-state index contributed by atoms with van der Waals surface area (Å²) >= 11 is 0. The molecule has 1 atom stereocenters. The standard InChI is InChI=1S/C11H21NO3/c1-14-6-7-15-9-11(13)8-12-10-4-2-3-5-10/h2-3,10-13H,4-9H2,1H3. The maximum Gasteiger partial charge on any atom is 0.0897 e. The van der Waals surface area contributed by atoms with Crippen LogP contribution in [0.25, 0.3) is 0 Å². The second-order valence-corrected chi connectivity index (χ2v) is 3.77. The van der Waals surface area contributed by atoms with Crippen molar-refractivity contribution in [3.05, 3.63) is 12.2 Å². The van der Waals surface area contributed by atoms with E-state index in [-0.39, 0.29) is 0 Å². The van der Waals surface area contributed by atoms with Crippen LogP contribution >= 0.6 is 0 Å². The lowest BCUT2D eigenvalue weighted by molar-refractivity contribution is 0.0130. The number of hydrogen-bond acceptors (Lipinski definition) is 4. The van der Waals surface area contributed by atoms with Crippen molar-refractivity contribution < 1.29 is 14.6 Å². The first kappa shape index (κ1) is 12.6. The van der Waals surface area contributed by atoms with Gasteiger partial charge in [-0.3, -0.25) is 0 Å². The second kappa shape index (κ2) is 7.82. The molecule has 4 heteroatoms. The predicted molar refractivity (Wildman–Crippen MR) is 58.9 cm³/mol. The molecule has 0 aromatic heterocycles. The third-order valence-corrected chi connectivity index (χ3v) is 2.39. The van der Waals surface area contributed by atoms with E-state index in [1.807, 2.05) is 0 Å². The molecule has 15 heavy (non-hydrogen) atoms. The van der Waals surface area contributed by atoms with Gasteiger partial charge in [0.15, 0.2) is 0 Å². The van der Waals surface area contributed by atoms with Crippen molar-refractivity contribution in [3.8, 4) is 0 Å². The van der Waals surface area contributed by atoms with E-state index in [0.717, 1.165) is 12.8 Å². The fourth-order valence-corrected chi connectivity index (χ4v) is 1.51. The van der Waals surface area contributed by atoms with Gasteiger partial charge in [-0.1, -0.05) is 12.2 Å². The lowest BCUT2D eigenvalue weighted by Gasteiger charge is -2.16. The Balaban J connectivity index is 1.91. The summed E-state index contributed by atoms with van der Waals surface area (Å²) in [5, 5.41) is 12.9. The van der Waals surface area contributed by atoms with E-state index < -0.39 is 6.10 Å². The minimum Gasteiger partial charge on any atom is -0.389 e. The molecule has 0 amide bonds. The van der Waals surface area contributed by atoms with Crippen LogP contribution in [0, 0.1) is 0 Å². The van der Waals surface area contributed by atoms with E-state index in [4.69, 9.17) is 9.47 Å². The molecule has 88 valence electrons. The molecule has 0 spiro atoms. The van der Waals surface area contributed by atoms with Gasteiger partial charge in [-0.15, -0.1) is 0 Å². The summed E-state index contributed by atoms with van der Waals surface area (Å²) in [7, 11) is 1.63. The second-order valence-electron chi connectivity index (χ2n) is 3.77. The summed E-state index contributed by atoms with van der Waals surface area (Å²) in [5.74, 6) is 0. The molecule has 0 fully saturated rings. The van der Waals surface area contributed by atoms with Crippen LogP contribution in [0.1, 0.15) is 12.8 Å². The molecule has 0 aromatic carbocycles. The summed E-state index contributed by atoms with van der Waals surface area (Å²) in [6.45, 7) is 2.08. The molecule has 1 unspecified atom stereocenters. The summed E-state index contributed by atoms with van der Waals surface area (Å²) in [4.78, 5) is 0. The van der Waals surface area contributed by atoms with Crippen LogP contribution in [0.2, 0.25) is 0 Å². The lowest BCUT2D eigenvalue weighted by Crippen LogP contribution is -2.36. The minimum atomic E-state index is -0.428. The van der Waals surface area contributed by atoms with Gasteiger partial charge in [0.2, 0.25) is 0 Å². The summed E-state index contributed by atoms with van der Waals surface area (Å²) in [6.07, 6.45) is 6.04. The molecule has 1 rings (SSSR count). The smallest absolute Gasteiger partial charge is 0.0897 e. The summed E-state index contributed by atoms with van der Waals surface area (Å²) < 4.78 is 10.1. The van der Waals surface area contributed by atoms with Gasteiger partial charge in [0.05, 0.1) is 25.9 Å². The monoisotopic (exact) mass is 215 g/mol. The van der Waals surface area contributed by atoms with Gasteiger partial charge in [-0.05, 0) is 12.8 Å². The van der Waals surface area contributed by atoms with Crippen LogP contribution in [0.3, 0.4) is 0 Å². The van der Waals surface area contributed by atoms with Crippen LogP contribution in [0.15, 0.2) is 12.2 Å². The van der Waals surface area contributed by atoms with Crippen LogP contribution in [0.5, 0.6) is 0 Å². The van der Waals surface area contributed by atoms with E-state index >= 15 is 0 Å². The summed E-state index contributed by atoms with van der Waals surface area (Å²) in [5.41, 5.74) is 0. The number of aliphatic hydroxyl groups is 1. The number of ether oxygens (including phenoxy) is 2. The molecule has 0 saturated heterocycles. The first-order valence-corrected chi connectivity index (χ1v) is 5.46. The molecular formula is C11H21NO3. The fraction of sp³-hybridized carbons (Fsp3) is 0.818. The predicted octanol–water partition coefficient (Wildman–Crippen LogP) is 0.319. The normalized spacial score (nSPS) is 18.5. The van der Waals surface area contributed by atoms with E-state index in [9.17, 15) is 5.11 Å². The third-order valence-electron chi connectivity index (χ3n) is 2.39. The van der Waals surface area contributed by atoms with Crippen molar-refractivity contribution in [2.45, 2.75) is 25.0 Å². The zero-order valence-electron chi connectivity index (χ0n) is 9.32. The molecule has 0 aromatic rings. The number of nitrogens with one attached hydrogen (secondary N) is 1. The molecule has 1 aliphatic rings. The van der Waals surface area contributed by atoms with E-state index in [1.54, 1.807) is 7.11 Å². The number of rotatable bonds is 8. The Morgan fingerprint density at radius 2 is 2.13 bits per heavy atom. The van der Waals surface area contributed by atoms with Crippen molar-refractivity contribution in [1.29, 1.82) is 0 Å². The van der Waals surface area contributed by atoms with Crippen LogP contribution < -0.4 is 5.32 Å². The number of aliphatic hydroxyl groups excluding tert-OH is 1. The Hall–Kier alpha value is -0.420. The average molecular weight is 215 g/mol. The highest BCUT2D eigenvalue weighted by Gasteiger charge is 2.11. The van der Waals surface area contributed by atoms with Crippen LogP contribution in [0.4, 0.5) is 0 Å². The minimum absolute atomic E-state index is 0.372. The van der Waals surface area contributed by atoms with Crippen molar-refractivity contribution in [2.24, 2.45) is 0 Å². The van der Waals surface area contributed by atoms with Crippen LogP contribution in [-0.2, 0) is 9.47 Å². The Bertz CT molecular complexity index is 177. The van der Waals surface area contributed by atoms with E-state index in [1.165, 1.54) is 0 Å². The zero-order chi connectivity index (χ0) is 10.9. The van der Waals surface area contributed by atoms with Crippen molar-refractivity contribution in [3.63, 3.8) is 0 Å². The Kier molecular flexibility index (Phi) is 6.59. The van der Waals surface area contributed by atoms with Crippen molar-refractivity contribution in [1.82, 2.24) is 5.32 Å². The molecule has 0 heterocycles. The lowest BCUT2D eigenvalue weighted by atomic mass is 10.2. The summed E-state index contributed by atoms with van der Waals surface area (Å²) in [6, 6.07) is 0.499. The molecular weight excluding hydrogens is 194 g/mol. The third kappa shape index (κ3) is 5.89. The van der Waals surface area contributed by atoms with Crippen molar-refractivity contribution in [2.75, 3.05) is 33.5 Å². The maximum atomic E-state index is 9.56. The molecule has 0 radical (unpaired) electrons. The van der Waals surface area contributed by atoms with Gasteiger partial charge in [0.1, 0.15) is 0 Å². The number of hydrogen-bond donors (Lipinski definition) is 2. The largest absolute Gasteiger partial charge is 0.389 e. The average Bonchev–Trinajstić information content (AvgIpc) is 2.74. The first-order valence-electron chi connectivity index (χ1n) is 5.46. The topological polar surface area (TPSA) is 50.7 Å². The fourth-order valence-electron chi connectivity index (χ4n) is 1.51. The van der Waals surface area contributed by atoms with Crippen LogP contribution in [-0.4, -0.2) is 50.7 Å². The SMILES string of the molecule is COCCOCC(O)CNC1CC=CC1. The first-order chi connectivity index (χ1) is 7.33. The van der Waals surface area contributed by atoms with Gasteiger partial charge >= 0.3 is 0 Å². The van der Waals surface area contributed by atoms with Gasteiger partial charge in [-0.2, -0.15) is 0 Å². The quantitative estimate of drug-likeness (QED) is 0.452. The molecule has 4 nitrogen and oxygen atoms in total. The highest BCUT2D eigenvalue weighted by atomic mass is 16.5. The Morgan fingerprint density at radius 3 is 2.80 bits per heavy atom. The van der Waals surface area contributed by atoms with Gasteiger partial charge in [0.25, 0.3) is 0 Å². The van der Waals surface area contributed by atoms with E-state index in [2.05, 4.69) is 17.5 Å². The molecule has 0 saturated carbocycles. The Morgan fingerprint density at radius 1 is 1.40 bits per heavy atom. The van der Waals surface area contributed by atoms with Gasteiger partial charge < -0.3 is 19.9 Å². The van der Waals surface area contributed by atoms with Crippen molar-refractivity contribution >= 4 is 0 Å². The maximum absolute atomic E-state index is 9.56. The van der Waals surface area contributed by atoms with Gasteiger partial charge in [0, 0.05) is 19.7 Å². The molecule has 0 aliphatic heterocycles. The molecule has 2 N–H and O–H groups in total. The Labute approximate surface area is 91.3 Å². The van der Waals surface area contributed by atoms with Gasteiger partial charge in [-0.25, -0.2) is 0 Å². The number of methoxy groups -OCH3 is 1. The highest BCUT2D eigenvalue weighted by Crippen LogP contribution is 2.08. The van der Waals surface area contributed by atoms with E-state index in [0.29, 0.717) is 32.4 Å². The highest BCUT2D eigenvalue weighted by molar-refractivity contribution is 4.97. The zero-order valence-corrected chi connectivity index (χ0v) is 9.32. The molecule has 1 aliphatic carbocycles. The molecule has 0 bridgehead atoms.